The van der Waals surface area contributed by atoms with Crippen LogP contribution in [-0.2, 0) is 22.6 Å². The van der Waals surface area contributed by atoms with E-state index in [1.807, 2.05) is 19.1 Å². The van der Waals surface area contributed by atoms with Gasteiger partial charge in [0.2, 0.25) is 0 Å². The molecule has 0 fully saturated rings. The Labute approximate surface area is 155 Å². The second-order valence-electron chi connectivity index (χ2n) is 5.99. The van der Waals surface area contributed by atoms with Gasteiger partial charge in [0.25, 0.3) is 0 Å². The van der Waals surface area contributed by atoms with Crippen LogP contribution in [0.2, 0.25) is 5.32 Å². The van der Waals surface area contributed by atoms with E-state index in [4.69, 9.17) is 4.74 Å². The van der Waals surface area contributed by atoms with Crippen LogP contribution < -0.4 is 4.46 Å². The normalized spacial score (nSPS) is 13.4. The number of aryl methyl sites for hydroxylation is 1. The van der Waals surface area contributed by atoms with E-state index in [0.717, 1.165) is 5.56 Å². The number of ether oxygens (including phenoxy) is 1. The van der Waals surface area contributed by atoms with E-state index >= 15 is 0 Å². The standard InChI is InChI=1S/C20H21NO4Se/c1-3-25-19(22)20(15-21,17-9-7-8-16(2)14-17)12-13-26(23,24)18-10-5-4-6-11-18/h4-11,14H,3,12-13H2,1-2H3. The number of rotatable bonds is 7. The van der Waals surface area contributed by atoms with Crippen LogP contribution in [0, 0.1) is 18.3 Å². The van der Waals surface area contributed by atoms with E-state index in [2.05, 4.69) is 0 Å². The molecule has 2 aromatic rings. The van der Waals surface area contributed by atoms with Gasteiger partial charge in [0.15, 0.2) is 0 Å². The van der Waals surface area contributed by atoms with Gasteiger partial charge in [-0.15, -0.1) is 0 Å². The van der Waals surface area contributed by atoms with Gasteiger partial charge < -0.3 is 0 Å². The van der Waals surface area contributed by atoms with Gasteiger partial charge in [0.1, 0.15) is 0 Å². The third kappa shape index (κ3) is 4.19. The fraction of sp³-hybridized carbons (Fsp3) is 0.300. The van der Waals surface area contributed by atoms with Gasteiger partial charge in [-0.3, -0.25) is 0 Å². The van der Waals surface area contributed by atoms with Crippen molar-refractivity contribution in [3.8, 4) is 6.07 Å². The molecule has 1 unspecified atom stereocenters. The van der Waals surface area contributed by atoms with E-state index in [0.29, 0.717) is 5.56 Å². The quantitative estimate of drug-likeness (QED) is 0.510. The maximum absolute atomic E-state index is 12.7. The third-order valence-corrected chi connectivity index (χ3v) is 7.81. The Morgan fingerprint density at radius 3 is 2.42 bits per heavy atom. The van der Waals surface area contributed by atoms with Crippen molar-refractivity contribution in [1.29, 1.82) is 5.26 Å². The Bertz CT molecular complexity index is 916. The number of nitriles is 1. The third-order valence-electron chi connectivity index (χ3n) is 4.17. The van der Waals surface area contributed by atoms with Crippen molar-refractivity contribution in [2.75, 3.05) is 6.61 Å². The Balaban J connectivity index is 2.42. The average Bonchev–Trinajstić information content (AvgIpc) is 2.64. The molecule has 0 N–H and O–H groups in total. The van der Waals surface area contributed by atoms with Crippen LogP contribution in [0.3, 0.4) is 0 Å². The number of carbonyl (C=O) groups is 1. The summed E-state index contributed by atoms with van der Waals surface area (Å²) in [6.45, 7) is 3.62. The van der Waals surface area contributed by atoms with Gasteiger partial charge >= 0.3 is 155 Å². The van der Waals surface area contributed by atoms with Crippen LogP contribution in [0.4, 0.5) is 0 Å². The molecular weight excluding hydrogens is 397 g/mol. The summed E-state index contributed by atoms with van der Waals surface area (Å²) >= 11 is -4.48. The number of hydrogen-bond acceptors (Lipinski definition) is 5. The molecule has 6 heteroatoms. The van der Waals surface area contributed by atoms with Gasteiger partial charge in [0, 0.05) is 0 Å². The predicted molar refractivity (Wildman–Crippen MR) is 97.7 cm³/mol. The minimum atomic E-state index is -4.48. The minimum absolute atomic E-state index is 0.117. The van der Waals surface area contributed by atoms with Gasteiger partial charge in [-0.1, -0.05) is 0 Å². The first kappa shape index (κ1) is 19.8. The Hall–Kier alpha value is -2.48. The summed E-state index contributed by atoms with van der Waals surface area (Å²) in [6.07, 6.45) is -0.145. The van der Waals surface area contributed by atoms with Crippen molar-refractivity contribution in [3.63, 3.8) is 0 Å². The summed E-state index contributed by atoms with van der Waals surface area (Å²) in [4.78, 5) is 12.6. The SMILES string of the molecule is CCOC(=O)C(C#N)(CC[Se](=O)(=O)c1ccccc1)c1cccc(C)c1. The predicted octanol–water partition coefficient (Wildman–Crippen LogP) is 2.92. The second-order valence-corrected chi connectivity index (χ2v) is 10.4. The summed E-state index contributed by atoms with van der Waals surface area (Å²) in [5.74, 6) is -0.714. The zero-order chi connectivity index (χ0) is 19.2. The molecule has 0 aromatic heterocycles. The van der Waals surface area contributed by atoms with Gasteiger partial charge in [-0.2, -0.15) is 0 Å². The molecule has 2 aromatic carbocycles. The van der Waals surface area contributed by atoms with Gasteiger partial charge in [-0.25, -0.2) is 0 Å². The van der Waals surface area contributed by atoms with Crippen LogP contribution in [0.15, 0.2) is 54.6 Å². The van der Waals surface area contributed by atoms with Crippen molar-refractivity contribution in [1.82, 2.24) is 0 Å². The maximum atomic E-state index is 12.7. The van der Waals surface area contributed by atoms with E-state index < -0.39 is 24.1 Å². The zero-order valence-corrected chi connectivity index (χ0v) is 16.5. The zero-order valence-electron chi connectivity index (χ0n) is 14.8. The van der Waals surface area contributed by atoms with Gasteiger partial charge in [0.05, 0.1) is 0 Å². The van der Waals surface area contributed by atoms with Crippen LogP contribution in [0.5, 0.6) is 0 Å². The van der Waals surface area contributed by atoms with Crippen molar-refractivity contribution in [3.05, 3.63) is 65.7 Å². The molecule has 0 aliphatic heterocycles. The first-order valence-corrected chi connectivity index (χ1v) is 11.8. The fourth-order valence-corrected chi connectivity index (χ4v) is 5.63. The van der Waals surface area contributed by atoms with E-state index in [-0.39, 0.29) is 22.8 Å². The summed E-state index contributed by atoms with van der Waals surface area (Å²) < 4.78 is 30.7. The molecule has 1 atom stereocenters. The first-order chi connectivity index (χ1) is 12.4. The molecule has 0 amide bonds. The van der Waals surface area contributed by atoms with Crippen LogP contribution in [0.25, 0.3) is 0 Å². The average molecular weight is 418 g/mol. The van der Waals surface area contributed by atoms with Crippen LogP contribution in [-0.4, -0.2) is 25.3 Å². The van der Waals surface area contributed by atoms with Crippen molar-refractivity contribution in [2.45, 2.75) is 31.0 Å². The van der Waals surface area contributed by atoms with Crippen molar-refractivity contribution < 1.29 is 17.2 Å². The Morgan fingerprint density at radius 1 is 1.15 bits per heavy atom. The molecule has 26 heavy (non-hydrogen) atoms. The fourth-order valence-electron chi connectivity index (χ4n) is 2.73. The van der Waals surface area contributed by atoms with Crippen molar-refractivity contribution >= 4 is 23.1 Å². The molecule has 0 heterocycles. The molecule has 2 rings (SSSR count). The molecule has 0 bridgehead atoms. The molecule has 5 nitrogen and oxygen atoms in total. The molecular formula is C20H21NO4Se. The summed E-state index contributed by atoms with van der Waals surface area (Å²) in [5.41, 5.74) is -0.308. The number of carbonyl (C=O) groups excluding carboxylic acids is 1. The Morgan fingerprint density at radius 2 is 1.85 bits per heavy atom. The van der Waals surface area contributed by atoms with Crippen LogP contribution >= 0.6 is 0 Å². The van der Waals surface area contributed by atoms with Gasteiger partial charge in [-0.05, 0) is 0 Å². The summed E-state index contributed by atoms with van der Waals surface area (Å²) in [5, 5.41) is 9.58. The molecule has 0 radical (unpaired) electrons. The molecule has 0 aliphatic carbocycles. The number of esters is 1. The van der Waals surface area contributed by atoms with E-state index in [1.165, 1.54) is 12.1 Å². The molecule has 0 aliphatic rings. The van der Waals surface area contributed by atoms with Crippen molar-refractivity contribution in [2.24, 2.45) is 0 Å². The molecule has 0 saturated carbocycles. The molecule has 136 valence electrons. The van der Waals surface area contributed by atoms with E-state index in [9.17, 15) is 17.7 Å². The number of nitrogens with zero attached hydrogens (tertiary/aromatic N) is 1. The number of hydrogen-bond donors (Lipinski definition) is 0. The monoisotopic (exact) mass is 419 g/mol. The summed E-state index contributed by atoms with van der Waals surface area (Å²) in [6, 6.07) is 17.1. The summed E-state index contributed by atoms with van der Waals surface area (Å²) in [7, 11) is 0. The Kier molecular flexibility index (Phi) is 6.31. The first-order valence-electron chi connectivity index (χ1n) is 8.29. The molecule has 0 saturated heterocycles. The molecule has 0 spiro atoms. The number of benzene rings is 2. The second kappa shape index (κ2) is 8.27. The topological polar surface area (TPSA) is 84.2 Å². The van der Waals surface area contributed by atoms with Crippen LogP contribution in [0.1, 0.15) is 24.5 Å². The van der Waals surface area contributed by atoms with E-state index in [1.54, 1.807) is 43.3 Å².